The van der Waals surface area contributed by atoms with Crippen LogP contribution in [0.4, 0.5) is 17.2 Å². The van der Waals surface area contributed by atoms with E-state index in [1.807, 2.05) is 32.0 Å². The van der Waals surface area contributed by atoms with Gasteiger partial charge in [-0.3, -0.25) is 14.5 Å². The lowest BCUT2D eigenvalue weighted by atomic mass is 9.87. The summed E-state index contributed by atoms with van der Waals surface area (Å²) in [6.45, 7) is 7.48. The molecule has 2 bridgehead atoms. The minimum absolute atomic E-state index is 0.0400. The molecule has 5 rings (SSSR count). The summed E-state index contributed by atoms with van der Waals surface area (Å²) in [7, 11) is 0. The zero-order valence-corrected chi connectivity index (χ0v) is 17.0. The lowest BCUT2D eigenvalue weighted by molar-refractivity contribution is -0.121. The van der Waals surface area contributed by atoms with Crippen molar-refractivity contribution < 1.29 is 9.59 Å². The van der Waals surface area contributed by atoms with E-state index in [1.54, 1.807) is 12.1 Å². The maximum absolute atomic E-state index is 12.5. The number of aromatic nitrogens is 2. The molecule has 0 aliphatic carbocycles. The summed E-state index contributed by atoms with van der Waals surface area (Å²) in [6, 6.07) is 9.93. The predicted octanol–water partition coefficient (Wildman–Crippen LogP) is 1.95. The fourth-order valence-electron chi connectivity index (χ4n) is 4.24. The fraction of sp³-hybridized carbons (Fsp3) is 0.429. The molecule has 3 aliphatic rings. The maximum atomic E-state index is 12.5. The molecule has 3 saturated heterocycles. The van der Waals surface area contributed by atoms with Gasteiger partial charge in [0.2, 0.25) is 11.8 Å². The van der Waals surface area contributed by atoms with Gasteiger partial charge in [0.15, 0.2) is 0 Å². The van der Waals surface area contributed by atoms with Crippen LogP contribution in [0.2, 0.25) is 0 Å². The largest absolute Gasteiger partial charge is 0.353 e. The van der Waals surface area contributed by atoms with Gasteiger partial charge < -0.3 is 15.5 Å². The number of fused-ring (bicyclic) bond motifs is 2. The van der Waals surface area contributed by atoms with E-state index in [0.29, 0.717) is 30.0 Å². The first-order valence-electron chi connectivity index (χ1n) is 9.88. The molecule has 0 radical (unpaired) electrons. The number of aryl methyl sites for hydroxylation is 2. The van der Waals surface area contributed by atoms with Crippen LogP contribution < -0.4 is 15.5 Å². The Bertz CT molecular complexity index is 914. The summed E-state index contributed by atoms with van der Waals surface area (Å²) in [6.07, 6.45) is 1.12. The normalized spacial score (nSPS) is 20.7. The van der Waals surface area contributed by atoms with Crippen LogP contribution in [0.3, 0.4) is 0 Å². The number of piperazine rings is 1. The molecule has 3 aliphatic heterocycles. The van der Waals surface area contributed by atoms with Gasteiger partial charge in [-0.1, -0.05) is 6.07 Å². The fourth-order valence-corrected chi connectivity index (χ4v) is 4.24. The molecule has 2 atom stereocenters. The number of rotatable bonds is 5. The monoisotopic (exact) mass is 394 g/mol. The number of amides is 2. The van der Waals surface area contributed by atoms with Gasteiger partial charge in [-0.2, -0.15) is 0 Å². The zero-order valence-electron chi connectivity index (χ0n) is 17.0. The Labute approximate surface area is 170 Å². The number of nitrogens with zero attached hydrogens (tertiary/aromatic N) is 4. The molecule has 2 aromatic rings. The highest BCUT2D eigenvalue weighted by Crippen LogP contribution is 2.34. The van der Waals surface area contributed by atoms with Crippen molar-refractivity contribution in [3.63, 3.8) is 0 Å². The van der Waals surface area contributed by atoms with Gasteiger partial charge in [0, 0.05) is 55.2 Å². The van der Waals surface area contributed by atoms with Gasteiger partial charge in [0.25, 0.3) is 0 Å². The summed E-state index contributed by atoms with van der Waals surface area (Å²) in [5.41, 5.74) is 2.33. The van der Waals surface area contributed by atoms with Crippen LogP contribution >= 0.6 is 0 Å². The first-order valence-corrected chi connectivity index (χ1v) is 9.88. The highest BCUT2D eigenvalue weighted by Gasteiger charge is 2.45. The molecule has 152 valence electrons. The third kappa shape index (κ3) is 4.37. The van der Waals surface area contributed by atoms with Crippen molar-refractivity contribution in [3.8, 4) is 0 Å². The third-order valence-electron chi connectivity index (χ3n) is 5.41. The Hall–Kier alpha value is -3.00. The molecule has 0 saturated carbocycles. The second-order valence-electron chi connectivity index (χ2n) is 7.85. The third-order valence-corrected chi connectivity index (χ3v) is 5.41. The van der Waals surface area contributed by atoms with Crippen molar-refractivity contribution in [2.45, 2.75) is 39.3 Å². The van der Waals surface area contributed by atoms with E-state index in [2.05, 4.69) is 30.4 Å². The SMILES string of the molecule is CC(=O)Nc1cccc(NC(=O)CN2C3CC2CN(c2cc(C)nc(C)n2)C3)c1. The molecule has 1 aromatic heterocycles. The molecule has 1 aromatic carbocycles. The van der Waals surface area contributed by atoms with E-state index in [9.17, 15) is 9.59 Å². The predicted molar refractivity (Wildman–Crippen MR) is 112 cm³/mol. The van der Waals surface area contributed by atoms with Gasteiger partial charge in [0.1, 0.15) is 11.6 Å². The molecule has 4 heterocycles. The molecule has 2 amide bonds. The average molecular weight is 394 g/mol. The van der Waals surface area contributed by atoms with Gasteiger partial charge in [-0.05, 0) is 38.5 Å². The van der Waals surface area contributed by atoms with Crippen molar-refractivity contribution in [3.05, 3.63) is 41.9 Å². The van der Waals surface area contributed by atoms with Crippen molar-refractivity contribution in [1.29, 1.82) is 0 Å². The number of piperidine rings is 1. The summed E-state index contributed by atoms with van der Waals surface area (Å²) in [5.74, 6) is 1.59. The molecule has 29 heavy (non-hydrogen) atoms. The number of hydrogen-bond donors (Lipinski definition) is 2. The molecule has 8 nitrogen and oxygen atoms in total. The zero-order chi connectivity index (χ0) is 20.5. The Morgan fingerprint density at radius 2 is 1.76 bits per heavy atom. The number of carbonyl (C=O) groups is 2. The Morgan fingerprint density at radius 3 is 2.41 bits per heavy atom. The van der Waals surface area contributed by atoms with Crippen LogP contribution in [0.5, 0.6) is 0 Å². The van der Waals surface area contributed by atoms with Crippen molar-refractivity contribution in [2.75, 3.05) is 35.2 Å². The summed E-state index contributed by atoms with van der Waals surface area (Å²) < 4.78 is 0. The molecule has 8 heteroatoms. The number of anilines is 3. The minimum Gasteiger partial charge on any atom is -0.353 e. The lowest BCUT2D eigenvalue weighted by Crippen LogP contribution is -2.69. The first-order chi connectivity index (χ1) is 13.9. The number of carbonyl (C=O) groups excluding carboxylic acids is 2. The second kappa shape index (κ2) is 7.79. The van der Waals surface area contributed by atoms with E-state index < -0.39 is 0 Å². The quantitative estimate of drug-likeness (QED) is 0.806. The van der Waals surface area contributed by atoms with Gasteiger partial charge in [0.05, 0.1) is 6.54 Å². The molecule has 2 unspecified atom stereocenters. The summed E-state index contributed by atoms with van der Waals surface area (Å²) in [5, 5.41) is 5.66. The van der Waals surface area contributed by atoms with Crippen LogP contribution in [0.1, 0.15) is 24.9 Å². The van der Waals surface area contributed by atoms with Crippen molar-refractivity contribution in [2.24, 2.45) is 0 Å². The van der Waals surface area contributed by atoms with Crippen LogP contribution in [-0.2, 0) is 9.59 Å². The summed E-state index contributed by atoms with van der Waals surface area (Å²) >= 11 is 0. The minimum atomic E-state index is -0.138. The standard InChI is InChI=1S/C21H26N6O2/c1-13-7-20(23-14(2)22-13)26-10-18-9-19(11-26)27(18)12-21(29)25-17-6-4-5-16(8-17)24-15(3)28/h4-8,18-19H,9-12H2,1-3H3,(H,24,28)(H,25,29). The molecule has 0 spiro atoms. The highest BCUT2D eigenvalue weighted by molar-refractivity contribution is 5.94. The van der Waals surface area contributed by atoms with E-state index in [0.717, 1.165) is 36.8 Å². The topological polar surface area (TPSA) is 90.5 Å². The average Bonchev–Trinajstić information content (AvgIpc) is 2.65. The Kier molecular flexibility index (Phi) is 5.19. The number of hydrogen-bond acceptors (Lipinski definition) is 6. The smallest absolute Gasteiger partial charge is 0.238 e. The van der Waals surface area contributed by atoms with E-state index in [-0.39, 0.29) is 11.8 Å². The van der Waals surface area contributed by atoms with Crippen LogP contribution in [0.25, 0.3) is 0 Å². The van der Waals surface area contributed by atoms with E-state index in [1.165, 1.54) is 6.92 Å². The lowest BCUT2D eigenvalue weighted by Gasteiger charge is -2.56. The van der Waals surface area contributed by atoms with Gasteiger partial charge in [-0.25, -0.2) is 9.97 Å². The van der Waals surface area contributed by atoms with Crippen LogP contribution in [0, 0.1) is 13.8 Å². The summed E-state index contributed by atoms with van der Waals surface area (Å²) in [4.78, 5) is 37.2. The first kappa shape index (κ1) is 19.3. The van der Waals surface area contributed by atoms with Crippen molar-refractivity contribution >= 4 is 29.0 Å². The van der Waals surface area contributed by atoms with Gasteiger partial charge >= 0.3 is 0 Å². The second-order valence-corrected chi connectivity index (χ2v) is 7.85. The van der Waals surface area contributed by atoms with E-state index in [4.69, 9.17) is 0 Å². The number of benzene rings is 1. The molecular weight excluding hydrogens is 368 g/mol. The highest BCUT2D eigenvalue weighted by atomic mass is 16.2. The molecule has 2 N–H and O–H groups in total. The molecular formula is C21H26N6O2. The molecule has 3 fully saturated rings. The van der Waals surface area contributed by atoms with Crippen LogP contribution in [0.15, 0.2) is 30.3 Å². The van der Waals surface area contributed by atoms with Gasteiger partial charge in [-0.15, -0.1) is 0 Å². The van der Waals surface area contributed by atoms with E-state index >= 15 is 0 Å². The number of nitrogens with one attached hydrogen (secondary N) is 2. The maximum Gasteiger partial charge on any atom is 0.238 e. The van der Waals surface area contributed by atoms with Crippen LogP contribution in [-0.4, -0.2) is 58.4 Å². The van der Waals surface area contributed by atoms with Crippen molar-refractivity contribution in [1.82, 2.24) is 14.9 Å². The Morgan fingerprint density at radius 1 is 1.07 bits per heavy atom. The Balaban J connectivity index is 1.34.